The first-order chi connectivity index (χ1) is 8.68. The summed E-state index contributed by atoms with van der Waals surface area (Å²) in [5, 5.41) is 3.58. The van der Waals surface area contributed by atoms with E-state index in [0.717, 1.165) is 13.1 Å². The van der Waals surface area contributed by atoms with Crippen LogP contribution in [0.5, 0.6) is 0 Å². The fraction of sp³-hybridized carbons (Fsp3) is 1.00. The standard InChI is InChI=1S/C16H35N3/c1-15(2,3)7-8-17-9-10-18-11-13-19(14-12-18)16(4,5)6/h17H,7-14H2,1-6H3. The first-order valence-corrected chi connectivity index (χ1v) is 7.87. The molecule has 3 nitrogen and oxygen atoms in total. The van der Waals surface area contributed by atoms with E-state index in [1.165, 1.54) is 39.1 Å². The highest BCUT2D eigenvalue weighted by molar-refractivity contribution is 4.82. The lowest BCUT2D eigenvalue weighted by Crippen LogP contribution is -2.54. The number of rotatable bonds is 5. The van der Waals surface area contributed by atoms with E-state index in [1.54, 1.807) is 0 Å². The van der Waals surface area contributed by atoms with Crippen molar-refractivity contribution < 1.29 is 0 Å². The first-order valence-electron chi connectivity index (χ1n) is 7.87. The van der Waals surface area contributed by atoms with Crippen LogP contribution >= 0.6 is 0 Å². The molecule has 1 heterocycles. The van der Waals surface area contributed by atoms with Crippen molar-refractivity contribution in [2.45, 2.75) is 53.5 Å². The van der Waals surface area contributed by atoms with Gasteiger partial charge in [0.05, 0.1) is 0 Å². The van der Waals surface area contributed by atoms with E-state index in [2.05, 4.69) is 56.7 Å². The molecule has 0 aromatic rings. The van der Waals surface area contributed by atoms with Gasteiger partial charge in [0.2, 0.25) is 0 Å². The summed E-state index contributed by atoms with van der Waals surface area (Å²) in [4.78, 5) is 5.18. The summed E-state index contributed by atoms with van der Waals surface area (Å²) >= 11 is 0. The Labute approximate surface area is 120 Å². The molecule has 0 aromatic carbocycles. The molecule has 1 rings (SSSR count). The highest BCUT2D eigenvalue weighted by atomic mass is 15.3. The second-order valence-electron chi connectivity index (χ2n) is 8.06. The predicted molar refractivity (Wildman–Crippen MR) is 84.7 cm³/mol. The van der Waals surface area contributed by atoms with Crippen LogP contribution in [0.25, 0.3) is 0 Å². The van der Waals surface area contributed by atoms with Crippen LogP contribution in [0.4, 0.5) is 0 Å². The van der Waals surface area contributed by atoms with Gasteiger partial charge in [-0.05, 0) is 39.2 Å². The van der Waals surface area contributed by atoms with Gasteiger partial charge in [0.25, 0.3) is 0 Å². The third kappa shape index (κ3) is 7.28. The summed E-state index contributed by atoms with van der Waals surface area (Å²) in [6.45, 7) is 22.2. The van der Waals surface area contributed by atoms with Gasteiger partial charge in [-0.25, -0.2) is 0 Å². The van der Waals surface area contributed by atoms with Gasteiger partial charge in [-0.15, -0.1) is 0 Å². The molecule has 0 bridgehead atoms. The van der Waals surface area contributed by atoms with E-state index in [1.807, 2.05) is 0 Å². The van der Waals surface area contributed by atoms with Gasteiger partial charge in [0.1, 0.15) is 0 Å². The zero-order chi connectivity index (χ0) is 14.5. The predicted octanol–water partition coefficient (Wildman–Crippen LogP) is 2.43. The van der Waals surface area contributed by atoms with E-state index >= 15 is 0 Å². The van der Waals surface area contributed by atoms with Crippen LogP contribution in [0.3, 0.4) is 0 Å². The maximum absolute atomic E-state index is 3.58. The highest BCUT2D eigenvalue weighted by Crippen LogP contribution is 2.17. The number of hydrogen-bond donors (Lipinski definition) is 1. The van der Waals surface area contributed by atoms with Crippen LogP contribution in [-0.2, 0) is 0 Å². The first kappa shape index (κ1) is 16.9. The lowest BCUT2D eigenvalue weighted by molar-refractivity contribution is 0.0628. The summed E-state index contributed by atoms with van der Waals surface area (Å²) < 4.78 is 0. The number of nitrogens with zero attached hydrogens (tertiary/aromatic N) is 2. The minimum Gasteiger partial charge on any atom is -0.315 e. The van der Waals surface area contributed by atoms with Crippen molar-refractivity contribution in [2.24, 2.45) is 5.41 Å². The Bertz CT molecular complexity index is 242. The van der Waals surface area contributed by atoms with Gasteiger partial charge in [-0.3, -0.25) is 9.80 Å². The Morgan fingerprint density at radius 3 is 1.89 bits per heavy atom. The molecule has 3 heteroatoms. The fourth-order valence-corrected chi connectivity index (χ4v) is 2.47. The molecular formula is C16H35N3. The Hall–Kier alpha value is -0.120. The van der Waals surface area contributed by atoms with Crippen LogP contribution < -0.4 is 5.32 Å². The van der Waals surface area contributed by atoms with Crippen molar-refractivity contribution in [3.8, 4) is 0 Å². The average Bonchev–Trinajstić information content (AvgIpc) is 2.26. The minimum absolute atomic E-state index is 0.330. The highest BCUT2D eigenvalue weighted by Gasteiger charge is 2.25. The summed E-state index contributed by atoms with van der Waals surface area (Å²) in [6, 6.07) is 0. The molecule has 0 spiro atoms. The molecule has 19 heavy (non-hydrogen) atoms. The lowest BCUT2D eigenvalue weighted by Gasteiger charge is -2.42. The molecule has 1 aliphatic rings. The molecule has 0 atom stereocenters. The molecule has 1 N–H and O–H groups in total. The molecule has 0 amide bonds. The van der Waals surface area contributed by atoms with Gasteiger partial charge < -0.3 is 5.32 Å². The molecule has 0 unspecified atom stereocenters. The fourth-order valence-electron chi connectivity index (χ4n) is 2.47. The van der Waals surface area contributed by atoms with Gasteiger partial charge in [-0.1, -0.05) is 20.8 Å². The third-order valence-electron chi connectivity index (χ3n) is 3.98. The molecule has 114 valence electrons. The van der Waals surface area contributed by atoms with Crippen molar-refractivity contribution in [1.29, 1.82) is 0 Å². The van der Waals surface area contributed by atoms with Gasteiger partial charge in [-0.2, -0.15) is 0 Å². The quantitative estimate of drug-likeness (QED) is 0.773. The zero-order valence-corrected chi connectivity index (χ0v) is 14.1. The Morgan fingerprint density at radius 1 is 0.842 bits per heavy atom. The Kier molecular flexibility index (Phi) is 6.28. The van der Waals surface area contributed by atoms with Crippen LogP contribution in [-0.4, -0.2) is 61.2 Å². The van der Waals surface area contributed by atoms with E-state index in [0.29, 0.717) is 11.0 Å². The third-order valence-corrected chi connectivity index (χ3v) is 3.98. The van der Waals surface area contributed by atoms with Crippen molar-refractivity contribution in [1.82, 2.24) is 15.1 Å². The molecule has 1 aliphatic heterocycles. The van der Waals surface area contributed by atoms with Crippen LogP contribution in [0.1, 0.15) is 48.0 Å². The SMILES string of the molecule is CC(C)(C)CCNCCN1CCN(C(C)(C)C)CC1. The van der Waals surface area contributed by atoms with E-state index in [-0.39, 0.29) is 0 Å². The second kappa shape index (κ2) is 7.05. The molecule has 0 aliphatic carbocycles. The maximum atomic E-state index is 3.58. The molecule has 0 saturated carbocycles. The van der Waals surface area contributed by atoms with E-state index in [4.69, 9.17) is 0 Å². The van der Waals surface area contributed by atoms with Crippen LogP contribution in [0.15, 0.2) is 0 Å². The summed E-state index contributed by atoms with van der Waals surface area (Å²) in [6.07, 6.45) is 1.25. The Balaban J connectivity index is 2.07. The molecule has 1 fully saturated rings. The maximum Gasteiger partial charge on any atom is 0.0126 e. The van der Waals surface area contributed by atoms with Crippen molar-refractivity contribution in [3.63, 3.8) is 0 Å². The van der Waals surface area contributed by atoms with Crippen molar-refractivity contribution in [2.75, 3.05) is 45.8 Å². The van der Waals surface area contributed by atoms with Gasteiger partial charge >= 0.3 is 0 Å². The number of hydrogen-bond acceptors (Lipinski definition) is 3. The normalized spacial score (nSPS) is 19.9. The lowest BCUT2D eigenvalue weighted by atomic mass is 9.92. The van der Waals surface area contributed by atoms with Crippen molar-refractivity contribution in [3.05, 3.63) is 0 Å². The van der Waals surface area contributed by atoms with Crippen LogP contribution in [0, 0.1) is 5.41 Å². The Morgan fingerprint density at radius 2 is 1.42 bits per heavy atom. The number of nitrogens with one attached hydrogen (secondary N) is 1. The van der Waals surface area contributed by atoms with E-state index < -0.39 is 0 Å². The molecule has 0 radical (unpaired) electrons. The minimum atomic E-state index is 0.330. The second-order valence-corrected chi connectivity index (χ2v) is 8.06. The van der Waals surface area contributed by atoms with Crippen molar-refractivity contribution >= 4 is 0 Å². The monoisotopic (exact) mass is 269 g/mol. The van der Waals surface area contributed by atoms with Gasteiger partial charge in [0.15, 0.2) is 0 Å². The van der Waals surface area contributed by atoms with Crippen LogP contribution in [0.2, 0.25) is 0 Å². The molecular weight excluding hydrogens is 234 g/mol. The topological polar surface area (TPSA) is 18.5 Å². The average molecular weight is 269 g/mol. The smallest absolute Gasteiger partial charge is 0.0126 e. The van der Waals surface area contributed by atoms with E-state index in [9.17, 15) is 0 Å². The van der Waals surface area contributed by atoms with Gasteiger partial charge in [0, 0.05) is 44.8 Å². The molecule has 0 aromatic heterocycles. The summed E-state index contributed by atoms with van der Waals surface area (Å²) in [7, 11) is 0. The number of piperazine rings is 1. The summed E-state index contributed by atoms with van der Waals surface area (Å²) in [5.41, 5.74) is 0.780. The molecule has 1 saturated heterocycles. The largest absolute Gasteiger partial charge is 0.315 e. The zero-order valence-electron chi connectivity index (χ0n) is 14.1. The summed E-state index contributed by atoms with van der Waals surface area (Å²) in [5.74, 6) is 0.